The molecule has 0 spiro atoms. The molecule has 3 rings (SSSR count). The number of allylic oxidation sites excluding steroid dienone is 1. The minimum Gasteiger partial charge on any atom is -0.379 e. The zero-order valence-electron chi connectivity index (χ0n) is 11.6. The molecule has 1 saturated carbocycles. The maximum absolute atomic E-state index is 12.7. The number of rotatable bonds is 2. The maximum atomic E-state index is 12.7. The molecule has 0 N–H and O–H groups in total. The van der Waals surface area contributed by atoms with Crippen molar-refractivity contribution in [2.75, 3.05) is 20.3 Å². The molecule has 1 saturated heterocycles. The van der Waals surface area contributed by atoms with E-state index >= 15 is 0 Å². The van der Waals surface area contributed by atoms with Crippen molar-refractivity contribution in [1.82, 2.24) is 4.90 Å². The van der Waals surface area contributed by atoms with Gasteiger partial charge in [0.2, 0.25) is 5.91 Å². The van der Waals surface area contributed by atoms with Crippen LogP contribution in [0.25, 0.3) is 0 Å². The van der Waals surface area contributed by atoms with Crippen molar-refractivity contribution in [3.05, 3.63) is 11.6 Å². The second-order valence-corrected chi connectivity index (χ2v) is 5.73. The van der Waals surface area contributed by atoms with E-state index in [1.807, 2.05) is 4.90 Å². The number of carbonyl (C=O) groups is 1. The van der Waals surface area contributed by atoms with Crippen LogP contribution < -0.4 is 0 Å². The van der Waals surface area contributed by atoms with E-state index in [1.54, 1.807) is 7.11 Å². The van der Waals surface area contributed by atoms with E-state index in [0.717, 1.165) is 44.2 Å². The lowest BCUT2D eigenvalue weighted by molar-refractivity contribution is -0.146. The van der Waals surface area contributed by atoms with Crippen LogP contribution in [0, 0.1) is 0 Å². The lowest BCUT2D eigenvalue weighted by atomic mass is 9.97. The highest BCUT2D eigenvalue weighted by molar-refractivity contribution is 5.93. The summed E-state index contributed by atoms with van der Waals surface area (Å²) in [6, 6.07) is 0.217. The lowest BCUT2D eigenvalue weighted by Crippen LogP contribution is -2.54. The van der Waals surface area contributed by atoms with Gasteiger partial charge in [0.1, 0.15) is 6.10 Å². The highest BCUT2D eigenvalue weighted by Crippen LogP contribution is 2.33. The molecule has 0 aromatic carbocycles. The molecule has 0 radical (unpaired) electrons. The van der Waals surface area contributed by atoms with Crippen LogP contribution in [0.4, 0.5) is 0 Å². The SMILES string of the molecule is CO[C@@H]1CC[C@H]2[C@H]1OCCN2C(=O)C1=CCCCC1. The van der Waals surface area contributed by atoms with Crippen molar-refractivity contribution in [2.24, 2.45) is 0 Å². The molecule has 4 heteroatoms. The largest absolute Gasteiger partial charge is 0.379 e. The van der Waals surface area contributed by atoms with Crippen LogP contribution in [0.15, 0.2) is 11.6 Å². The Kier molecular flexibility index (Phi) is 3.89. The molecule has 1 amide bonds. The van der Waals surface area contributed by atoms with Gasteiger partial charge in [-0.15, -0.1) is 0 Å². The van der Waals surface area contributed by atoms with E-state index in [4.69, 9.17) is 9.47 Å². The fourth-order valence-electron chi connectivity index (χ4n) is 3.64. The molecule has 1 aliphatic heterocycles. The van der Waals surface area contributed by atoms with E-state index in [9.17, 15) is 4.79 Å². The Morgan fingerprint density at radius 3 is 3.05 bits per heavy atom. The monoisotopic (exact) mass is 265 g/mol. The van der Waals surface area contributed by atoms with Gasteiger partial charge in [-0.1, -0.05) is 6.08 Å². The number of hydrogen-bond donors (Lipinski definition) is 0. The fraction of sp³-hybridized carbons (Fsp3) is 0.800. The van der Waals surface area contributed by atoms with E-state index in [2.05, 4.69) is 6.08 Å². The molecule has 3 atom stereocenters. The van der Waals surface area contributed by atoms with E-state index in [1.165, 1.54) is 6.42 Å². The molecule has 19 heavy (non-hydrogen) atoms. The number of fused-ring (bicyclic) bond motifs is 1. The van der Waals surface area contributed by atoms with Crippen molar-refractivity contribution >= 4 is 5.91 Å². The number of nitrogens with zero attached hydrogens (tertiary/aromatic N) is 1. The third-order valence-corrected chi connectivity index (χ3v) is 4.66. The summed E-state index contributed by atoms with van der Waals surface area (Å²) in [6.07, 6.45) is 8.74. The summed E-state index contributed by atoms with van der Waals surface area (Å²) in [6.45, 7) is 1.37. The van der Waals surface area contributed by atoms with Crippen molar-refractivity contribution < 1.29 is 14.3 Å². The summed E-state index contributed by atoms with van der Waals surface area (Å²) in [4.78, 5) is 14.7. The maximum Gasteiger partial charge on any atom is 0.249 e. The van der Waals surface area contributed by atoms with Crippen molar-refractivity contribution in [3.8, 4) is 0 Å². The van der Waals surface area contributed by atoms with Gasteiger partial charge in [0.15, 0.2) is 0 Å². The molecule has 0 aromatic heterocycles. The van der Waals surface area contributed by atoms with Gasteiger partial charge >= 0.3 is 0 Å². The summed E-state index contributed by atoms with van der Waals surface area (Å²) >= 11 is 0. The van der Waals surface area contributed by atoms with Gasteiger partial charge in [0.05, 0.1) is 18.8 Å². The molecule has 0 unspecified atom stereocenters. The molecule has 106 valence electrons. The second kappa shape index (κ2) is 5.63. The van der Waals surface area contributed by atoms with Crippen LogP contribution in [-0.2, 0) is 14.3 Å². The van der Waals surface area contributed by atoms with Crippen LogP contribution in [-0.4, -0.2) is 49.3 Å². The Morgan fingerprint density at radius 2 is 2.32 bits per heavy atom. The van der Waals surface area contributed by atoms with Crippen LogP contribution in [0.2, 0.25) is 0 Å². The van der Waals surface area contributed by atoms with Gasteiger partial charge in [-0.05, 0) is 38.5 Å². The molecular weight excluding hydrogens is 242 g/mol. The fourth-order valence-corrected chi connectivity index (χ4v) is 3.64. The zero-order valence-corrected chi connectivity index (χ0v) is 11.6. The number of amides is 1. The highest BCUT2D eigenvalue weighted by Gasteiger charge is 2.44. The van der Waals surface area contributed by atoms with Crippen LogP contribution >= 0.6 is 0 Å². The Labute approximate surface area is 114 Å². The zero-order chi connectivity index (χ0) is 13.2. The van der Waals surface area contributed by atoms with Crippen LogP contribution in [0.1, 0.15) is 38.5 Å². The van der Waals surface area contributed by atoms with Crippen molar-refractivity contribution in [1.29, 1.82) is 0 Å². The van der Waals surface area contributed by atoms with E-state index in [-0.39, 0.29) is 24.2 Å². The van der Waals surface area contributed by atoms with Gasteiger partial charge < -0.3 is 14.4 Å². The van der Waals surface area contributed by atoms with Gasteiger partial charge in [-0.3, -0.25) is 4.79 Å². The molecule has 2 fully saturated rings. The minimum absolute atomic E-state index is 0.0758. The summed E-state index contributed by atoms with van der Waals surface area (Å²) in [7, 11) is 1.74. The Balaban J connectivity index is 1.73. The van der Waals surface area contributed by atoms with Crippen molar-refractivity contribution in [3.63, 3.8) is 0 Å². The van der Waals surface area contributed by atoms with Gasteiger partial charge in [-0.25, -0.2) is 0 Å². The first-order valence-electron chi connectivity index (χ1n) is 7.45. The minimum atomic E-state index is 0.0758. The van der Waals surface area contributed by atoms with Crippen LogP contribution in [0.3, 0.4) is 0 Å². The molecule has 4 nitrogen and oxygen atoms in total. The van der Waals surface area contributed by atoms with E-state index in [0.29, 0.717) is 6.61 Å². The Hall–Kier alpha value is -0.870. The highest BCUT2D eigenvalue weighted by atomic mass is 16.5. The summed E-state index contributed by atoms with van der Waals surface area (Å²) in [5.41, 5.74) is 1.02. The predicted octanol–water partition coefficient (Wildman–Crippen LogP) is 1.89. The standard InChI is InChI=1S/C15H23NO3/c1-18-13-8-7-12-14(13)19-10-9-16(12)15(17)11-5-3-2-4-6-11/h5,12-14H,2-4,6-10H2,1H3/t12-,13+,14+/m0/s1. The average Bonchev–Trinajstić information content (AvgIpc) is 2.90. The topological polar surface area (TPSA) is 38.8 Å². The van der Waals surface area contributed by atoms with E-state index < -0.39 is 0 Å². The molecule has 0 bridgehead atoms. The van der Waals surface area contributed by atoms with Gasteiger partial charge in [0.25, 0.3) is 0 Å². The summed E-state index contributed by atoms with van der Waals surface area (Å²) in [5.74, 6) is 0.245. The molecule has 0 aromatic rings. The number of hydrogen-bond acceptors (Lipinski definition) is 3. The number of morpholine rings is 1. The number of ether oxygens (including phenoxy) is 2. The number of carbonyl (C=O) groups excluding carboxylic acids is 1. The quantitative estimate of drug-likeness (QED) is 0.765. The average molecular weight is 265 g/mol. The lowest BCUT2D eigenvalue weighted by Gasteiger charge is -2.39. The molecule has 3 aliphatic rings. The van der Waals surface area contributed by atoms with Gasteiger partial charge in [-0.2, -0.15) is 0 Å². The third kappa shape index (κ3) is 2.43. The summed E-state index contributed by atoms with van der Waals surface area (Å²) in [5, 5.41) is 0. The third-order valence-electron chi connectivity index (χ3n) is 4.66. The first kappa shape index (κ1) is 13.1. The Morgan fingerprint density at radius 1 is 1.42 bits per heavy atom. The van der Waals surface area contributed by atoms with Crippen molar-refractivity contribution in [2.45, 2.75) is 56.8 Å². The predicted molar refractivity (Wildman–Crippen MR) is 71.8 cm³/mol. The molecular formula is C15H23NO3. The van der Waals surface area contributed by atoms with Crippen LogP contribution in [0.5, 0.6) is 0 Å². The van der Waals surface area contributed by atoms with Gasteiger partial charge in [0, 0.05) is 19.2 Å². The normalized spacial score (nSPS) is 34.9. The first-order valence-corrected chi connectivity index (χ1v) is 7.45. The first-order chi connectivity index (χ1) is 9.31. The Bertz CT molecular complexity index is 380. The molecule has 2 aliphatic carbocycles. The number of methoxy groups -OCH3 is 1. The summed E-state index contributed by atoms with van der Waals surface area (Å²) < 4.78 is 11.3. The molecule has 1 heterocycles. The smallest absolute Gasteiger partial charge is 0.249 e. The second-order valence-electron chi connectivity index (χ2n) is 5.73.